The van der Waals surface area contributed by atoms with Gasteiger partial charge < -0.3 is 9.84 Å². The van der Waals surface area contributed by atoms with E-state index in [9.17, 15) is 9.59 Å². The van der Waals surface area contributed by atoms with Crippen molar-refractivity contribution >= 4 is 11.9 Å². The van der Waals surface area contributed by atoms with Crippen molar-refractivity contribution in [3.8, 4) is 5.75 Å². The third kappa shape index (κ3) is 2.58. The molecule has 0 radical (unpaired) electrons. The van der Waals surface area contributed by atoms with Crippen LogP contribution in [0.2, 0.25) is 0 Å². The first-order valence-electron chi connectivity index (χ1n) is 4.11. The van der Waals surface area contributed by atoms with Crippen LogP contribution in [0.5, 0.6) is 5.75 Å². The van der Waals surface area contributed by atoms with Crippen molar-refractivity contribution in [2.24, 2.45) is 5.92 Å². The molecule has 0 amide bonds. The molecule has 0 saturated heterocycles. The fraction of sp³-hybridized carbons (Fsp3) is 0.200. The monoisotopic (exact) mass is 194 g/mol. The molecule has 0 aliphatic carbocycles. The lowest BCUT2D eigenvalue weighted by Gasteiger charge is -2.06. The molecule has 74 valence electrons. The lowest BCUT2D eigenvalue weighted by Crippen LogP contribution is -2.24. The molecule has 1 rings (SSSR count). The van der Waals surface area contributed by atoms with Crippen LogP contribution >= 0.6 is 0 Å². The average Bonchev–Trinajstić information content (AvgIpc) is 2.18. The minimum atomic E-state index is -1.19. The van der Waals surface area contributed by atoms with E-state index >= 15 is 0 Å². The Morgan fingerprint density at radius 3 is 2.36 bits per heavy atom. The van der Waals surface area contributed by atoms with Crippen LogP contribution in [-0.2, 0) is 9.59 Å². The Balaban J connectivity index is 2.62. The summed E-state index contributed by atoms with van der Waals surface area (Å²) in [5, 5.41) is 8.53. The summed E-state index contributed by atoms with van der Waals surface area (Å²) in [6, 6.07) is 8.36. The molecule has 0 aliphatic heterocycles. The Morgan fingerprint density at radius 2 is 1.86 bits per heavy atom. The first-order chi connectivity index (χ1) is 6.61. The average molecular weight is 194 g/mol. The van der Waals surface area contributed by atoms with Crippen molar-refractivity contribution in [3.63, 3.8) is 0 Å². The van der Waals surface area contributed by atoms with Crippen LogP contribution < -0.4 is 4.74 Å². The fourth-order valence-electron chi connectivity index (χ4n) is 0.794. The third-order valence-electron chi connectivity index (χ3n) is 1.69. The van der Waals surface area contributed by atoms with Gasteiger partial charge in [-0.2, -0.15) is 0 Å². The van der Waals surface area contributed by atoms with Crippen LogP contribution in [-0.4, -0.2) is 17.0 Å². The largest absolute Gasteiger partial charge is 0.481 e. The Hall–Kier alpha value is -1.84. The zero-order valence-corrected chi connectivity index (χ0v) is 7.64. The Kier molecular flexibility index (Phi) is 3.23. The molecule has 0 aromatic heterocycles. The standard InChI is InChI=1S/C10H10O4/c1-7(9(11)12)10(13)14-8-5-3-2-4-6-8/h2-7H,1H3,(H,11,12). The van der Waals surface area contributed by atoms with Crippen molar-refractivity contribution in [1.29, 1.82) is 0 Å². The Morgan fingerprint density at radius 1 is 1.29 bits per heavy atom. The van der Waals surface area contributed by atoms with Crippen LogP contribution in [0.25, 0.3) is 0 Å². The van der Waals surface area contributed by atoms with Gasteiger partial charge in [-0.3, -0.25) is 9.59 Å². The molecule has 4 nitrogen and oxygen atoms in total. The smallest absolute Gasteiger partial charge is 0.325 e. The number of carboxylic acid groups (broad SMARTS) is 1. The summed E-state index contributed by atoms with van der Waals surface area (Å²) in [6.07, 6.45) is 0. The van der Waals surface area contributed by atoms with Gasteiger partial charge in [-0.25, -0.2) is 0 Å². The maximum atomic E-state index is 11.2. The van der Waals surface area contributed by atoms with Crippen molar-refractivity contribution in [2.75, 3.05) is 0 Å². The zero-order chi connectivity index (χ0) is 10.6. The topological polar surface area (TPSA) is 63.6 Å². The fourth-order valence-corrected chi connectivity index (χ4v) is 0.794. The molecule has 0 heterocycles. The van der Waals surface area contributed by atoms with E-state index < -0.39 is 17.9 Å². The highest BCUT2D eigenvalue weighted by Gasteiger charge is 2.22. The van der Waals surface area contributed by atoms with Gasteiger partial charge in [0.15, 0.2) is 5.92 Å². The van der Waals surface area contributed by atoms with Crippen LogP contribution in [0.3, 0.4) is 0 Å². The lowest BCUT2D eigenvalue weighted by molar-refractivity contribution is -0.151. The molecule has 14 heavy (non-hydrogen) atoms. The molecular weight excluding hydrogens is 184 g/mol. The van der Waals surface area contributed by atoms with E-state index in [0.717, 1.165) is 0 Å². The van der Waals surface area contributed by atoms with E-state index in [-0.39, 0.29) is 0 Å². The van der Waals surface area contributed by atoms with Gasteiger partial charge in [0, 0.05) is 0 Å². The quantitative estimate of drug-likeness (QED) is 0.447. The first kappa shape index (κ1) is 10.2. The minimum absolute atomic E-state index is 0.352. The minimum Gasteiger partial charge on any atom is -0.481 e. The SMILES string of the molecule is CC(C(=O)O)C(=O)Oc1ccccc1. The Bertz CT molecular complexity index is 331. The molecule has 4 heteroatoms. The summed E-state index contributed by atoms with van der Waals surface area (Å²) >= 11 is 0. The van der Waals surface area contributed by atoms with E-state index in [1.165, 1.54) is 6.92 Å². The predicted molar refractivity (Wildman–Crippen MR) is 48.9 cm³/mol. The second-order valence-corrected chi connectivity index (χ2v) is 2.79. The van der Waals surface area contributed by atoms with E-state index in [0.29, 0.717) is 5.75 Å². The number of ether oxygens (including phenoxy) is 1. The van der Waals surface area contributed by atoms with Gasteiger partial charge in [-0.1, -0.05) is 18.2 Å². The maximum absolute atomic E-state index is 11.2. The number of rotatable bonds is 3. The molecular formula is C10H10O4. The van der Waals surface area contributed by atoms with E-state index in [2.05, 4.69) is 0 Å². The van der Waals surface area contributed by atoms with Gasteiger partial charge >= 0.3 is 11.9 Å². The summed E-state index contributed by atoms with van der Waals surface area (Å²) in [5.74, 6) is -2.74. The number of carbonyl (C=O) groups is 2. The highest BCUT2D eigenvalue weighted by molar-refractivity contribution is 5.94. The Labute approximate surface area is 81.1 Å². The predicted octanol–water partition coefficient (Wildman–Crippen LogP) is 1.31. The molecule has 1 unspecified atom stereocenters. The zero-order valence-electron chi connectivity index (χ0n) is 7.64. The van der Waals surface area contributed by atoms with Crippen LogP contribution in [0, 0.1) is 5.92 Å². The third-order valence-corrected chi connectivity index (χ3v) is 1.69. The molecule has 0 saturated carbocycles. The number of carbonyl (C=O) groups excluding carboxylic acids is 1. The molecule has 0 fully saturated rings. The summed E-state index contributed by atoms with van der Waals surface area (Å²) in [7, 11) is 0. The van der Waals surface area contributed by atoms with Gasteiger partial charge in [0.25, 0.3) is 0 Å². The van der Waals surface area contributed by atoms with E-state index in [1.807, 2.05) is 0 Å². The second kappa shape index (κ2) is 4.41. The van der Waals surface area contributed by atoms with Crippen molar-refractivity contribution < 1.29 is 19.4 Å². The van der Waals surface area contributed by atoms with Crippen LogP contribution in [0.1, 0.15) is 6.92 Å². The van der Waals surface area contributed by atoms with E-state index in [4.69, 9.17) is 9.84 Å². The number of para-hydroxylation sites is 1. The molecule has 1 atom stereocenters. The molecule has 0 spiro atoms. The van der Waals surface area contributed by atoms with Gasteiger partial charge in [-0.15, -0.1) is 0 Å². The summed E-state index contributed by atoms with van der Waals surface area (Å²) in [4.78, 5) is 21.6. The van der Waals surface area contributed by atoms with Gasteiger partial charge in [0.2, 0.25) is 0 Å². The maximum Gasteiger partial charge on any atom is 0.325 e. The van der Waals surface area contributed by atoms with Crippen LogP contribution in [0.4, 0.5) is 0 Å². The van der Waals surface area contributed by atoms with Crippen molar-refractivity contribution in [2.45, 2.75) is 6.92 Å². The molecule has 1 aromatic carbocycles. The first-order valence-corrected chi connectivity index (χ1v) is 4.11. The van der Waals surface area contributed by atoms with E-state index in [1.54, 1.807) is 30.3 Å². The molecule has 0 bridgehead atoms. The van der Waals surface area contributed by atoms with Crippen molar-refractivity contribution in [3.05, 3.63) is 30.3 Å². The van der Waals surface area contributed by atoms with Gasteiger partial charge in [-0.05, 0) is 19.1 Å². The summed E-state index contributed by atoms with van der Waals surface area (Å²) in [6.45, 7) is 1.29. The van der Waals surface area contributed by atoms with Crippen molar-refractivity contribution in [1.82, 2.24) is 0 Å². The number of carboxylic acids is 1. The number of hydrogen-bond donors (Lipinski definition) is 1. The number of benzene rings is 1. The normalized spacial score (nSPS) is 11.8. The molecule has 1 aromatic rings. The highest BCUT2D eigenvalue weighted by atomic mass is 16.5. The second-order valence-electron chi connectivity index (χ2n) is 2.79. The summed E-state index contributed by atoms with van der Waals surface area (Å²) < 4.78 is 4.82. The van der Waals surface area contributed by atoms with Gasteiger partial charge in [0.1, 0.15) is 5.75 Å². The summed E-state index contributed by atoms with van der Waals surface area (Å²) in [5.41, 5.74) is 0. The molecule has 1 N–H and O–H groups in total. The number of hydrogen-bond acceptors (Lipinski definition) is 3. The highest BCUT2D eigenvalue weighted by Crippen LogP contribution is 2.10. The lowest BCUT2D eigenvalue weighted by atomic mass is 10.2. The molecule has 0 aliphatic rings. The van der Waals surface area contributed by atoms with Crippen LogP contribution in [0.15, 0.2) is 30.3 Å². The van der Waals surface area contributed by atoms with Gasteiger partial charge in [0.05, 0.1) is 0 Å². The number of esters is 1. The number of aliphatic carboxylic acids is 1.